The molecule has 3 aromatic rings. The SMILES string of the molecule is Cc1cc(OC(=O)[C@H](Cc2ccccc2)NC(=O)OC(C)(C)C)c2c3c(c(=O)oc2c1)CCC3. The van der Waals surface area contributed by atoms with Crippen molar-refractivity contribution in [2.24, 2.45) is 0 Å². The summed E-state index contributed by atoms with van der Waals surface area (Å²) in [5.41, 5.74) is 2.51. The minimum Gasteiger partial charge on any atom is -0.444 e. The Morgan fingerprint density at radius 2 is 1.79 bits per heavy atom. The van der Waals surface area contributed by atoms with E-state index >= 15 is 0 Å². The van der Waals surface area contributed by atoms with Gasteiger partial charge in [0.1, 0.15) is 23.0 Å². The van der Waals surface area contributed by atoms with Crippen molar-refractivity contribution in [3.8, 4) is 5.75 Å². The zero-order chi connectivity index (χ0) is 24.5. The number of ether oxygens (including phenoxy) is 2. The normalized spacial score (nSPS) is 13.9. The zero-order valence-corrected chi connectivity index (χ0v) is 19.9. The first kappa shape index (κ1) is 23.5. The molecule has 7 nitrogen and oxygen atoms in total. The second kappa shape index (κ2) is 9.33. The number of carbonyl (C=O) groups is 2. The second-order valence-electron chi connectivity index (χ2n) is 9.65. The highest BCUT2D eigenvalue weighted by Gasteiger charge is 2.28. The third-order valence-electron chi connectivity index (χ3n) is 5.65. The van der Waals surface area contributed by atoms with Gasteiger partial charge in [0.2, 0.25) is 0 Å². The van der Waals surface area contributed by atoms with Crippen LogP contribution in [-0.4, -0.2) is 23.7 Å². The Morgan fingerprint density at radius 1 is 1.09 bits per heavy atom. The minimum absolute atomic E-state index is 0.232. The van der Waals surface area contributed by atoms with Crippen LogP contribution < -0.4 is 15.7 Å². The molecule has 0 spiro atoms. The summed E-state index contributed by atoms with van der Waals surface area (Å²) in [5.74, 6) is -0.300. The van der Waals surface area contributed by atoms with Gasteiger partial charge in [0.05, 0.1) is 5.39 Å². The van der Waals surface area contributed by atoms with Crippen molar-refractivity contribution < 1.29 is 23.5 Å². The molecule has 1 amide bonds. The lowest BCUT2D eigenvalue weighted by Gasteiger charge is -2.23. The molecule has 0 saturated carbocycles. The number of nitrogens with one attached hydrogen (secondary N) is 1. The molecule has 0 aliphatic heterocycles. The van der Waals surface area contributed by atoms with Crippen molar-refractivity contribution in [1.29, 1.82) is 0 Å². The van der Waals surface area contributed by atoms with E-state index in [1.54, 1.807) is 32.9 Å². The van der Waals surface area contributed by atoms with Gasteiger partial charge in [0.15, 0.2) is 0 Å². The zero-order valence-electron chi connectivity index (χ0n) is 19.9. The van der Waals surface area contributed by atoms with Crippen LogP contribution in [-0.2, 0) is 28.8 Å². The van der Waals surface area contributed by atoms with E-state index < -0.39 is 23.7 Å². The average Bonchev–Trinajstić information content (AvgIpc) is 3.22. The summed E-state index contributed by atoms with van der Waals surface area (Å²) in [6.45, 7) is 7.10. The number of carbonyl (C=O) groups excluding carboxylic acids is 2. The molecule has 1 heterocycles. The fraction of sp³-hybridized carbons (Fsp3) is 0.370. The Kier molecular flexibility index (Phi) is 6.46. The van der Waals surface area contributed by atoms with Crippen LogP contribution in [0, 0.1) is 6.92 Å². The van der Waals surface area contributed by atoms with E-state index in [2.05, 4.69) is 5.32 Å². The van der Waals surface area contributed by atoms with Crippen LogP contribution in [0.4, 0.5) is 4.79 Å². The van der Waals surface area contributed by atoms with Crippen molar-refractivity contribution in [3.05, 3.63) is 75.1 Å². The summed E-state index contributed by atoms with van der Waals surface area (Å²) in [6, 6.07) is 11.9. The van der Waals surface area contributed by atoms with Crippen LogP contribution in [0.25, 0.3) is 11.0 Å². The van der Waals surface area contributed by atoms with E-state index in [9.17, 15) is 14.4 Å². The molecule has 0 radical (unpaired) electrons. The third-order valence-corrected chi connectivity index (χ3v) is 5.65. The maximum atomic E-state index is 13.4. The number of rotatable bonds is 5. The van der Waals surface area contributed by atoms with Crippen LogP contribution in [0.5, 0.6) is 5.75 Å². The van der Waals surface area contributed by atoms with Crippen molar-refractivity contribution in [2.75, 3.05) is 0 Å². The molecule has 0 saturated heterocycles. The number of hydrogen-bond donors (Lipinski definition) is 1. The molecule has 1 atom stereocenters. The van der Waals surface area contributed by atoms with Gasteiger partial charge in [-0.15, -0.1) is 0 Å². The average molecular weight is 464 g/mol. The van der Waals surface area contributed by atoms with Gasteiger partial charge >= 0.3 is 17.7 Å². The smallest absolute Gasteiger partial charge is 0.408 e. The molecule has 178 valence electrons. The topological polar surface area (TPSA) is 94.8 Å². The summed E-state index contributed by atoms with van der Waals surface area (Å²) in [4.78, 5) is 38.2. The van der Waals surface area contributed by atoms with Crippen molar-refractivity contribution in [1.82, 2.24) is 5.32 Å². The lowest BCUT2D eigenvalue weighted by molar-refractivity contribution is -0.136. The number of hydrogen-bond acceptors (Lipinski definition) is 6. The summed E-state index contributed by atoms with van der Waals surface area (Å²) in [7, 11) is 0. The van der Waals surface area contributed by atoms with Gasteiger partial charge in [-0.3, -0.25) is 0 Å². The molecule has 0 bridgehead atoms. The Morgan fingerprint density at radius 3 is 2.50 bits per heavy atom. The summed E-state index contributed by atoms with van der Waals surface area (Å²) in [6.07, 6.45) is 1.74. The van der Waals surface area contributed by atoms with E-state index in [0.29, 0.717) is 35.1 Å². The number of esters is 1. The molecule has 0 unspecified atom stereocenters. The highest BCUT2D eigenvalue weighted by atomic mass is 16.6. The largest absolute Gasteiger partial charge is 0.444 e. The maximum Gasteiger partial charge on any atom is 0.408 e. The van der Waals surface area contributed by atoms with E-state index in [1.807, 2.05) is 37.3 Å². The van der Waals surface area contributed by atoms with E-state index in [4.69, 9.17) is 13.9 Å². The Hall–Kier alpha value is -3.61. The number of amides is 1. The van der Waals surface area contributed by atoms with Gasteiger partial charge in [0, 0.05) is 12.0 Å². The number of alkyl carbamates (subject to hydrolysis) is 1. The van der Waals surface area contributed by atoms with Crippen molar-refractivity contribution >= 4 is 23.0 Å². The number of benzene rings is 2. The molecule has 0 fully saturated rings. The second-order valence-corrected chi connectivity index (χ2v) is 9.65. The Balaban J connectivity index is 1.67. The van der Waals surface area contributed by atoms with Crippen LogP contribution >= 0.6 is 0 Å². The highest BCUT2D eigenvalue weighted by Crippen LogP contribution is 2.35. The van der Waals surface area contributed by atoms with Gasteiger partial charge < -0.3 is 19.2 Å². The first-order valence-electron chi connectivity index (χ1n) is 11.4. The molecule has 1 aromatic heterocycles. The molecular weight excluding hydrogens is 434 g/mol. The fourth-order valence-corrected chi connectivity index (χ4v) is 4.26. The summed E-state index contributed by atoms with van der Waals surface area (Å²) in [5, 5.41) is 3.30. The first-order valence-corrected chi connectivity index (χ1v) is 11.4. The minimum atomic E-state index is -0.975. The number of fused-ring (bicyclic) bond motifs is 3. The molecule has 2 aromatic carbocycles. The summed E-state index contributed by atoms with van der Waals surface area (Å²) < 4.78 is 16.8. The van der Waals surface area contributed by atoms with E-state index in [0.717, 1.165) is 23.1 Å². The van der Waals surface area contributed by atoms with Crippen LogP contribution in [0.2, 0.25) is 0 Å². The summed E-state index contributed by atoms with van der Waals surface area (Å²) >= 11 is 0. The van der Waals surface area contributed by atoms with Crippen LogP contribution in [0.1, 0.15) is 49.4 Å². The lowest BCUT2D eigenvalue weighted by Crippen LogP contribution is -2.46. The Bertz CT molecular complexity index is 1290. The van der Waals surface area contributed by atoms with Crippen molar-refractivity contribution in [2.45, 2.75) is 65.0 Å². The monoisotopic (exact) mass is 463 g/mol. The van der Waals surface area contributed by atoms with Gasteiger partial charge in [-0.2, -0.15) is 0 Å². The van der Waals surface area contributed by atoms with Gasteiger partial charge in [-0.1, -0.05) is 30.3 Å². The molecule has 7 heteroatoms. The third kappa shape index (κ3) is 5.30. The molecule has 1 aliphatic carbocycles. The lowest BCUT2D eigenvalue weighted by atomic mass is 10.0. The molecule has 34 heavy (non-hydrogen) atoms. The van der Waals surface area contributed by atoms with Crippen LogP contribution in [0.15, 0.2) is 51.7 Å². The first-order chi connectivity index (χ1) is 16.1. The Labute approximate surface area is 198 Å². The predicted octanol–water partition coefficient (Wildman–Crippen LogP) is 4.63. The van der Waals surface area contributed by atoms with E-state index in [1.165, 1.54) is 0 Å². The molecule has 1 aliphatic rings. The standard InChI is InChI=1S/C27H29NO6/c1-16-13-21-23(18-11-8-12-19(18)24(29)32-21)22(14-16)33-25(30)20(15-17-9-6-5-7-10-17)28-26(31)34-27(2,3)4/h5-7,9-10,13-14,20H,8,11-12,15H2,1-4H3,(H,28,31)/t20-/m0/s1. The maximum absolute atomic E-state index is 13.4. The molecular formula is C27H29NO6. The van der Waals surface area contributed by atoms with E-state index in [-0.39, 0.29) is 12.0 Å². The quantitative estimate of drug-likeness (QED) is 0.337. The predicted molar refractivity (Wildman–Crippen MR) is 128 cm³/mol. The van der Waals surface area contributed by atoms with Gasteiger partial charge in [0.25, 0.3) is 0 Å². The van der Waals surface area contributed by atoms with Crippen LogP contribution in [0.3, 0.4) is 0 Å². The van der Waals surface area contributed by atoms with Gasteiger partial charge in [-0.05, 0) is 75.8 Å². The molecule has 1 N–H and O–H groups in total. The van der Waals surface area contributed by atoms with Gasteiger partial charge in [-0.25, -0.2) is 14.4 Å². The number of aryl methyl sites for hydroxylation is 2. The fourth-order valence-electron chi connectivity index (χ4n) is 4.26. The molecule has 4 rings (SSSR count). The highest BCUT2D eigenvalue weighted by molar-refractivity contribution is 5.92. The van der Waals surface area contributed by atoms with Crippen molar-refractivity contribution in [3.63, 3.8) is 0 Å².